The van der Waals surface area contributed by atoms with Gasteiger partial charge in [-0.15, -0.1) is 0 Å². The number of hydrogen-bond donors (Lipinski definition) is 2. The smallest absolute Gasteiger partial charge is 0.323 e. The van der Waals surface area contributed by atoms with E-state index in [-0.39, 0.29) is 10.6 Å². The van der Waals surface area contributed by atoms with E-state index in [1.54, 1.807) is 12.1 Å². The Balaban J connectivity index is 2.76. The maximum Gasteiger partial charge on any atom is 0.323 e. The Kier molecular flexibility index (Phi) is 5.56. The van der Waals surface area contributed by atoms with Gasteiger partial charge in [-0.05, 0) is 12.1 Å². The van der Waals surface area contributed by atoms with E-state index in [2.05, 4.69) is 5.32 Å². The Morgan fingerprint density at radius 3 is 2.63 bits per heavy atom. The van der Waals surface area contributed by atoms with Crippen LogP contribution in [0.1, 0.15) is 0 Å². The van der Waals surface area contributed by atoms with Crippen LogP contribution in [0.25, 0.3) is 0 Å². The average Bonchev–Trinajstić information content (AvgIpc) is 2.30. The van der Waals surface area contributed by atoms with Gasteiger partial charge in [-0.1, -0.05) is 23.9 Å². The first-order valence-corrected chi connectivity index (χ1v) is 6.06. The molecule has 0 bridgehead atoms. The first-order valence-electron chi connectivity index (χ1n) is 5.18. The van der Waals surface area contributed by atoms with E-state index in [1.807, 2.05) is 0 Å². The molecule has 0 fully saturated rings. The minimum Gasteiger partial charge on any atom is -0.480 e. The van der Waals surface area contributed by atoms with Gasteiger partial charge < -0.3 is 15.3 Å². The van der Waals surface area contributed by atoms with Crippen LogP contribution in [0, 0.1) is 0 Å². The van der Waals surface area contributed by atoms with Gasteiger partial charge in [0.05, 0.1) is 5.69 Å². The summed E-state index contributed by atoms with van der Waals surface area (Å²) in [5, 5.41) is 10.9. The lowest BCUT2D eigenvalue weighted by Crippen LogP contribution is -2.35. The van der Waals surface area contributed by atoms with E-state index in [4.69, 9.17) is 5.11 Å². The van der Waals surface area contributed by atoms with Crippen LogP contribution in [0.3, 0.4) is 0 Å². The van der Waals surface area contributed by atoms with Crippen molar-refractivity contribution in [3.05, 3.63) is 24.3 Å². The molecule has 0 aliphatic heterocycles. The van der Waals surface area contributed by atoms with Crippen LogP contribution in [0.15, 0.2) is 29.2 Å². The summed E-state index contributed by atoms with van der Waals surface area (Å²) in [6.45, 7) is -0.476. The molecule has 1 rings (SSSR count). The van der Waals surface area contributed by atoms with Crippen molar-refractivity contribution >= 4 is 29.4 Å². The third-order valence-corrected chi connectivity index (χ3v) is 2.85. The molecule has 2 amide bonds. The van der Waals surface area contributed by atoms with Gasteiger partial charge in [-0.2, -0.15) is 8.78 Å². The lowest BCUT2D eigenvalue weighted by molar-refractivity contribution is -0.137. The highest BCUT2D eigenvalue weighted by Crippen LogP contribution is 2.31. The number of alkyl halides is 2. The predicted octanol–water partition coefficient (Wildman–Crippen LogP) is 2.55. The Morgan fingerprint density at radius 2 is 2.05 bits per heavy atom. The summed E-state index contributed by atoms with van der Waals surface area (Å²) in [4.78, 5) is 23.2. The van der Waals surface area contributed by atoms with E-state index in [0.717, 1.165) is 4.90 Å². The number of nitrogens with zero attached hydrogens (tertiary/aromatic N) is 1. The monoisotopic (exact) mass is 290 g/mol. The van der Waals surface area contributed by atoms with Crippen molar-refractivity contribution in [2.75, 3.05) is 18.9 Å². The summed E-state index contributed by atoms with van der Waals surface area (Å²) in [5.74, 6) is -3.76. The molecule has 5 nitrogen and oxygen atoms in total. The van der Waals surface area contributed by atoms with Crippen LogP contribution in [0.2, 0.25) is 0 Å². The lowest BCUT2D eigenvalue weighted by Gasteiger charge is -2.17. The number of aliphatic carboxylic acids is 1. The highest BCUT2D eigenvalue weighted by Gasteiger charge is 2.15. The third-order valence-electron chi connectivity index (χ3n) is 2.06. The zero-order valence-electron chi connectivity index (χ0n) is 9.97. The predicted molar refractivity (Wildman–Crippen MR) is 67.6 cm³/mol. The summed E-state index contributed by atoms with van der Waals surface area (Å²) >= 11 is 0.310. The number of likely N-dealkylation sites (N-methyl/N-ethyl adjacent to an activating group) is 1. The maximum absolute atomic E-state index is 12.3. The molecule has 0 spiro atoms. The fraction of sp³-hybridized carbons (Fsp3) is 0.273. The van der Waals surface area contributed by atoms with Gasteiger partial charge in [0.15, 0.2) is 0 Å². The van der Waals surface area contributed by atoms with Crippen molar-refractivity contribution in [2.45, 2.75) is 10.7 Å². The quantitative estimate of drug-likeness (QED) is 0.818. The fourth-order valence-corrected chi connectivity index (χ4v) is 1.85. The molecule has 0 aliphatic rings. The number of carboxylic acid groups (broad SMARTS) is 1. The van der Waals surface area contributed by atoms with E-state index in [1.165, 1.54) is 19.2 Å². The van der Waals surface area contributed by atoms with Gasteiger partial charge in [0.2, 0.25) is 0 Å². The number of amides is 2. The van der Waals surface area contributed by atoms with Crippen LogP contribution < -0.4 is 5.32 Å². The zero-order valence-corrected chi connectivity index (χ0v) is 10.8. The van der Waals surface area contributed by atoms with E-state index in [0.29, 0.717) is 11.8 Å². The van der Waals surface area contributed by atoms with Crippen molar-refractivity contribution < 1.29 is 23.5 Å². The molecule has 0 aliphatic carbocycles. The molecule has 0 radical (unpaired) electrons. The molecule has 0 unspecified atom stereocenters. The molecule has 8 heteroatoms. The van der Waals surface area contributed by atoms with Crippen LogP contribution in [-0.4, -0.2) is 41.4 Å². The molecule has 0 aromatic heterocycles. The van der Waals surface area contributed by atoms with E-state index in [9.17, 15) is 18.4 Å². The van der Waals surface area contributed by atoms with Crippen molar-refractivity contribution in [1.82, 2.24) is 4.90 Å². The number of thioether (sulfide) groups is 1. The number of anilines is 1. The second kappa shape index (κ2) is 6.93. The van der Waals surface area contributed by atoms with Gasteiger partial charge >= 0.3 is 12.0 Å². The summed E-state index contributed by atoms with van der Waals surface area (Å²) in [5.41, 5.74) is 0.218. The van der Waals surface area contributed by atoms with Gasteiger partial charge in [0.1, 0.15) is 6.54 Å². The highest BCUT2D eigenvalue weighted by atomic mass is 32.2. The maximum atomic E-state index is 12.3. The third kappa shape index (κ3) is 5.12. The standard InChI is InChI=1S/C11H12F2N2O3S/c1-15(6-9(16)17)11(18)14-7-4-2-3-5-8(7)19-10(12)13/h2-5,10H,6H2,1H3,(H,14,18)(H,16,17). The second-order valence-corrected chi connectivity index (χ2v) is 4.59. The summed E-state index contributed by atoms with van der Waals surface area (Å²) in [7, 11) is 1.30. The number of carbonyl (C=O) groups is 2. The summed E-state index contributed by atoms with van der Waals surface area (Å²) < 4.78 is 24.7. The van der Waals surface area contributed by atoms with E-state index < -0.39 is 24.3 Å². The number of rotatable bonds is 5. The fourth-order valence-electron chi connectivity index (χ4n) is 1.25. The minimum atomic E-state index is -2.60. The zero-order chi connectivity index (χ0) is 14.4. The molecule has 0 saturated carbocycles. The van der Waals surface area contributed by atoms with E-state index >= 15 is 0 Å². The lowest BCUT2D eigenvalue weighted by atomic mass is 10.3. The van der Waals surface area contributed by atoms with Crippen LogP contribution in [0.5, 0.6) is 0 Å². The summed E-state index contributed by atoms with van der Waals surface area (Å²) in [6.07, 6.45) is 0. The average molecular weight is 290 g/mol. The highest BCUT2D eigenvalue weighted by molar-refractivity contribution is 7.99. The van der Waals surface area contributed by atoms with Crippen molar-refractivity contribution in [2.24, 2.45) is 0 Å². The number of carboxylic acids is 1. The number of urea groups is 1. The van der Waals surface area contributed by atoms with Crippen molar-refractivity contribution in [3.8, 4) is 0 Å². The van der Waals surface area contributed by atoms with Gasteiger partial charge in [-0.25, -0.2) is 4.79 Å². The Morgan fingerprint density at radius 1 is 1.42 bits per heavy atom. The number of nitrogens with one attached hydrogen (secondary N) is 1. The molecule has 0 atom stereocenters. The van der Waals surface area contributed by atoms with Crippen LogP contribution >= 0.6 is 11.8 Å². The molecular weight excluding hydrogens is 278 g/mol. The van der Waals surface area contributed by atoms with Gasteiger partial charge in [0.25, 0.3) is 5.76 Å². The van der Waals surface area contributed by atoms with Crippen LogP contribution in [0.4, 0.5) is 19.3 Å². The SMILES string of the molecule is CN(CC(=O)O)C(=O)Nc1ccccc1SC(F)F. The van der Waals surface area contributed by atoms with Gasteiger partial charge in [0, 0.05) is 11.9 Å². The summed E-state index contributed by atoms with van der Waals surface area (Å²) in [6, 6.07) is 5.40. The normalized spacial score (nSPS) is 10.3. The Bertz CT molecular complexity index is 471. The number of benzene rings is 1. The molecule has 1 aromatic carbocycles. The largest absolute Gasteiger partial charge is 0.480 e. The first kappa shape index (κ1) is 15.2. The first-order chi connectivity index (χ1) is 8.90. The number of halogens is 2. The molecule has 0 heterocycles. The number of hydrogen-bond acceptors (Lipinski definition) is 3. The van der Waals surface area contributed by atoms with Crippen LogP contribution in [-0.2, 0) is 4.79 Å². The molecule has 1 aromatic rings. The van der Waals surface area contributed by atoms with Gasteiger partial charge in [-0.3, -0.25) is 4.79 Å². The topological polar surface area (TPSA) is 69.6 Å². The van der Waals surface area contributed by atoms with Crippen molar-refractivity contribution in [1.29, 1.82) is 0 Å². The Hall–Kier alpha value is -1.83. The molecule has 0 saturated heterocycles. The minimum absolute atomic E-state index is 0.217. The number of para-hydroxylation sites is 1. The van der Waals surface area contributed by atoms with Crippen molar-refractivity contribution in [3.63, 3.8) is 0 Å². The molecule has 104 valence electrons. The molecule has 19 heavy (non-hydrogen) atoms. The second-order valence-electron chi connectivity index (χ2n) is 3.55. The number of carbonyl (C=O) groups excluding carboxylic acids is 1. The molecular formula is C11H12F2N2O3S. The Labute approximate surface area is 112 Å². The molecule has 2 N–H and O–H groups in total.